The van der Waals surface area contributed by atoms with Crippen molar-refractivity contribution < 1.29 is 35.1 Å². The van der Waals surface area contributed by atoms with Gasteiger partial charge < -0.3 is 0 Å². The number of hydrogen-bond donors (Lipinski definition) is 0. The predicted octanol–water partition coefficient (Wildman–Crippen LogP) is 6.64. The Morgan fingerprint density at radius 2 is 1.50 bits per heavy atom. The zero-order valence-electron chi connectivity index (χ0n) is 12.9. The summed E-state index contributed by atoms with van der Waals surface area (Å²) in [4.78, 5) is -0.0850. The molecule has 1 radical (unpaired) electrons. The Morgan fingerprint density at radius 3 is 1.96 bits per heavy atom. The molecule has 1 aliphatic rings. The molecule has 0 amide bonds. The van der Waals surface area contributed by atoms with Gasteiger partial charge in [-0.3, -0.25) is 0 Å². The highest BCUT2D eigenvalue weighted by Crippen LogP contribution is 2.55. The van der Waals surface area contributed by atoms with Crippen molar-refractivity contribution in [2.45, 2.75) is 22.3 Å². The van der Waals surface area contributed by atoms with Crippen LogP contribution in [0.1, 0.15) is 5.56 Å². The van der Waals surface area contributed by atoms with Crippen LogP contribution in [0.4, 0.5) is 35.1 Å². The SMILES string of the molecule is CSC1=CC(C(F)(C(F)(F)F)C(F)(F)F)=CC(Br)(c2ccccc2F)[CH]1. The maximum Gasteiger partial charge on any atom is 0.435 e. The van der Waals surface area contributed by atoms with Crippen LogP contribution in [-0.4, -0.2) is 24.3 Å². The fraction of sp³-hybridized carbons (Fsp3) is 0.312. The smallest absolute Gasteiger partial charge is 0.218 e. The van der Waals surface area contributed by atoms with E-state index in [1.54, 1.807) is 0 Å². The molecule has 0 heterocycles. The molecular formula is C16H10BrF8S. The van der Waals surface area contributed by atoms with Gasteiger partial charge in [0.15, 0.2) is 0 Å². The minimum absolute atomic E-state index is 0.0850. The zero-order chi connectivity index (χ0) is 20.0. The molecule has 0 nitrogen and oxygen atoms in total. The normalized spacial score (nSPS) is 22.1. The summed E-state index contributed by atoms with van der Waals surface area (Å²) in [5, 5.41) is 0. The second-order valence-corrected chi connectivity index (χ2v) is 7.59. The minimum atomic E-state index is -6.25. The third-order valence-electron chi connectivity index (χ3n) is 3.72. The molecule has 143 valence electrons. The van der Waals surface area contributed by atoms with E-state index >= 15 is 0 Å². The summed E-state index contributed by atoms with van der Waals surface area (Å²) in [5.74, 6) is -0.873. The lowest BCUT2D eigenvalue weighted by atomic mass is 9.82. The van der Waals surface area contributed by atoms with E-state index in [4.69, 9.17) is 0 Å². The molecule has 2 rings (SSSR count). The third-order valence-corrected chi connectivity index (χ3v) is 5.31. The first-order chi connectivity index (χ1) is 11.8. The monoisotopic (exact) mass is 465 g/mol. The van der Waals surface area contributed by atoms with E-state index in [1.807, 2.05) is 0 Å². The number of halogens is 9. The number of rotatable bonds is 3. The van der Waals surface area contributed by atoms with Gasteiger partial charge in [0.1, 0.15) is 5.82 Å². The molecule has 0 aliphatic heterocycles. The Hall–Kier alpha value is -1.03. The maximum absolute atomic E-state index is 14.5. The van der Waals surface area contributed by atoms with Gasteiger partial charge in [-0.2, -0.15) is 26.3 Å². The van der Waals surface area contributed by atoms with Crippen LogP contribution in [0.25, 0.3) is 0 Å². The van der Waals surface area contributed by atoms with E-state index in [-0.39, 0.29) is 10.5 Å². The number of benzene rings is 1. The Morgan fingerprint density at radius 1 is 0.962 bits per heavy atom. The van der Waals surface area contributed by atoms with Crippen molar-refractivity contribution in [3.05, 3.63) is 64.7 Å². The highest BCUT2D eigenvalue weighted by molar-refractivity contribution is 9.09. The molecule has 0 bridgehead atoms. The summed E-state index contributed by atoms with van der Waals surface area (Å²) in [6.07, 6.45) is -9.04. The minimum Gasteiger partial charge on any atom is -0.218 e. The van der Waals surface area contributed by atoms with E-state index in [9.17, 15) is 35.1 Å². The van der Waals surface area contributed by atoms with Crippen LogP contribution in [0.3, 0.4) is 0 Å². The van der Waals surface area contributed by atoms with E-state index in [0.29, 0.717) is 12.2 Å². The number of hydrogen-bond acceptors (Lipinski definition) is 1. The molecule has 0 N–H and O–H groups in total. The van der Waals surface area contributed by atoms with Crippen LogP contribution in [0.5, 0.6) is 0 Å². The van der Waals surface area contributed by atoms with Crippen LogP contribution >= 0.6 is 27.7 Å². The Labute approximate surface area is 156 Å². The van der Waals surface area contributed by atoms with Crippen LogP contribution in [-0.2, 0) is 4.32 Å². The average Bonchev–Trinajstić information content (AvgIpc) is 2.51. The fourth-order valence-corrected chi connectivity index (χ4v) is 3.96. The first-order valence-corrected chi connectivity index (χ1v) is 8.89. The van der Waals surface area contributed by atoms with Gasteiger partial charge in [-0.1, -0.05) is 40.2 Å². The van der Waals surface area contributed by atoms with Gasteiger partial charge >= 0.3 is 18.0 Å². The van der Waals surface area contributed by atoms with Gasteiger partial charge in [0.05, 0.1) is 4.32 Å². The number of allylic oxidation sites excluding steroid dienone is 4. The van der Waals surface area contributed by atoms with Gasteiger partial charge in [0.2, 0.25) is 0 Å². The summed E-state index contributed by atoms with van der Waals surface area (Å²) in [5.41, 5.74) is -7.51. The van der Waals surface area contributed by atoms with E-state index < -0.39 is 33.7 Å². The van der Waals surface area contributed by atoms with Gasteiger partial charge in [-0.05, 0) is 23.3 Å². The van der Waals surface area contributed by atoms with Crippen molar-refractivity contribution in [2.24, 2.45) is 0 Å². The van der Waals surface area contributed by atoms with Gasteiger partial charge in [-0.15, -0.1) is 11.8 Å². The number of thioether (sulfide) groups is 1. The molecule has 10 heteroatoms. The first-order valence-electron chi connectivity index (χ1n) is 6.87. The molecule has 0 aromatic heterocycles. The molecule has 1 aliphatic carbocycles. The van der Waals surface area contributed by atoms with Crippen molar-refractivity contribution >= 4 is 27.7 Å². The molecule has 1 atom stereocenters. The van der Waals surface area contributed by atoms with E-state index in [2.05, 4.69) is 15.9 Å². The van der Waals surface area contributed by atoms with Crippen LogP contribution < -0.4 is 0 Å². The van der Waals surface area contributed by atoms with Crippen molar-refractivity contribution in [3.8, 4) is 0 Å². The van der Waals surface area contributed by atoms with Gasteiger partial charge in [0, 0.05) is 17.6 Å². The molecule has 0 saturated carbocycles. The Bertz CT molecular complexity index is 735. The summed E-state index contributed by atoms with van der Waals surface area (Å²) >= 11 is 3.78. The molecule has 0 saturated heterocycles. The third kappa shape index (κ3) is 3.54. The van der Waals surface area contributed by atoms with Crippen molar-refractivity contribution in [1.82, 2.24) is 0 Å². The Balaban J connectivity index is 2.74. The topological polar surface area (TPSA) is 0 Å². The first kappa shape index (κ1) is 21.3. The maximum atomic E-state index is 14.5. The van der Waals surface area contributed by atoms with E-state index in [1.165, 1.54) is 30.9 Å². The fourth-order valence-electron chi connectivity index (χ4n) is 2.44. The summed E-state index contributed by atoms with van der Waals surface area (Å²) in [6, 6.07) is 4.83. The molecule has 1 aromatic rings. The molecular weight excluding hydrogens is 456 g/mol. The van der Waals surface area contributed by atoms with Crippen LogP contribution in [0.2, 0.25) is 0 Å². The molecule has 26 heavy (non-hydrogen) atoms. The lowest BCUT2D eigenvalue weighted by Gasteiger charge is -2.36. The lowest BCUT2D eigenvalue weighted by molar-refractivity contribution is -0.325. The molecule has 0 fully saturated rings. The predicted molar refractivity (Wildman–Crippen MR) is 86.9 cm³/mol. The Kier molecular flexibility index (Phi) is 5.60. The highest BCUT2D eigenvalue weighted by Gasteiger charge is 2.74. The highest BCUT2D eigenvalue weighted by atomic mass is 79.9. The van der Waals surface area contributed by atoms with Crippen LogP contribution in [0, 0.1) is 12.2 Å². The standard InChI is InChI=1S/C16H10BrF8S/c1-26-10-6-9(14(19,15(20,21)22)16(23,24)25)7-13(17,8-10)11-4-2-3-5-12(11)18/h2-8H,1H3. The lowest BCUT2D eigenvalue weighted by Crippen LogP contribution is -2.55. The largest absolute Gasteiger partial charge is 0.435 e. The van der Waals surface area contributed by atoms with Gasteiger partial charge in [0.25, 0.3) is 0 Å². The molecule has 0 spiro atoms. The number of alkyl halides is 8. The van der Waals surface area contributed by atoms with Crippen LogP contribution in [0.15, 0.2) is 46.9 Å². The molecule has 1 unspecified atom stereocenters. The molecule has 1 aromatic carbocycles. The second-order valence-electron chi connectivity index (χ2n) is 5.40. The summed E-state index contributed by atoms with van der Waals surface area (Å²) in [7, 11) is 0. The average molecular weight is 466 g/mol. The van der Waals surface area contributed by atoms with Crippen molar-refractivity contribution in [3.63, 3.8) is 0 Å². The summed E-state index contributed by atoms with van der Waals surface area (Å²) in [6.45, 7) is 0. The van der Waals surface area contributed by atoms with Gasteiger partial charge in [-0.25, -0.2) is 8.78 Å². The quantitative estimate of drug-likeness (QED) is 0.356. The van der Waals surface area contributed by atoms with Crippen molar-refractivity contribution in [1.29, 1.82) is 0 Å². The van der Waals surface area contributed by atoms with E-state index in [0.717, 1.165) is 17.8 Å². The summed E-state index contributed by atoms with van der Waals surface area (Å²) < 4.78 is 105. The second kappa shape index (κ2) is 6.85. The zero-order valence-corrected chi connectivity index (χ0v) is 15.3. The van der Waals surface area contributed by atoms with Crippen molar-refractivity contribution in [2.75, 3.05) is 6.26 Å².